The van der Waals surface area contributed by atoms with E-state index in [1.807, 2.05) is 0 Å². The molecule has 1 aromatic rings. The van der Waals surface area contributed by atoms with Crippen molar-refractivity contribution in [2.24, 2.45) is 5.92 Å². The van der Waals surface area contributed by atoms with Gasteiger partial charge in [-0.2, -0.15) is 5.10 Å². The predicted octanol–water partition coefficient (Wildman–Crippen LogP) is 0.614. The molecule has 0 saturated carbocycles. The first-order valence-electron chi connectivity index (χ1n) is 6.67. The number of fused-ring (bicyclic) bond motifs is 3. The van der Waals surface area contributed by atoms with Gasteiger partial charge in [-0.25, -0.2) is 9.59 Å². The van der Waals surface area contributed by atoms with Gasteiger partial charge in [0.25, 0.3) is 0 Å². The molecule has 4 heterocycles. The fourth-order valence-corrected chi connectivity index (χ4v) is 2.85. The molecule has 0 aromatic carbocycles. The molecule has 0 aliphatic carbocycles. The topological polar surface area (TPSA) is 95.7 Å². The van der Waals surface area contributed by atoms with Crippen LogP contribution in [-0.4, -0.2) is 56.5 Å². The summed E-state index contributed by atoms with van der Waals surface area (Å²) in [5, 5.41) is 19.3. The number of carboxylic acids is 2. The van der Waals surface area contributed by atoms with Gasteiger partial charge < -0.3 is 15.1 Å². The molecule has 1 unspecified atom stereocenters. The summed E-state index contributed by atoms with van der Waals surface area (Å²) < 4.78 is 2.19. The predicted molar refractivity (Wildman–Crippen MR) is 70.4 cm³/mol. The smallest absolute Gasteiger partial charge is 0.414 e. The van der Waals surface area contributed by atoms with Gasteiger partial charge in [0.2, 0.25) is 0 Å². The summed E-state index contributed by atoms with van der Waals surface area (Å²) in [6, 6.07) is 2.75. The van der Waals surface area contributed by atoms with Crippen LogP contribution in [0.25, 0.3) is 0 Å². The van der Waals surface area contributed by atoms with Gasteiger partial charge in [0.15, 0.2) is 0 Å². The molecule has 7 nitrogen and oxygen atoms in total. The molecule has 20 heavy (non-hydrogen) atoms. The van der Waals surface area contributed by atoms with Gasteiger partial charge >= 0.3 is 11.9 Å². The summed E-state index contributed by atoms with van der Waals surface area (Å²) in [6.45, 7) is 5.90. The Morgan fingerprint density at radius 1 is 1.25 bits per heavy atom. The minimum Gasteiger partial charge on any atom is -0.473 e. The first kappa shape index (κ1) is 14.5. The van der Waals surface area contributed by atoms with E-state index in [9.17, 15) is 0 Å². The molecule has 1 aromatic heterocycles. The number of aliphatic carboxylic acids is 2. The van der Waals surface area contributed by atoms with Crippen LogP contribution in [0.2, 0.25) is 0 Å². The molecule has 2 N–H and O–H groups in total. The summed E-state index contributed by atoms with van der Waals surface area (Å²) >= 11 is 0. The number of hydrogen-bond acceptors (Lipinski definition) is 4. The van der Waals surface area contributed by atoms with Crippen LogP contribution in [0.15, 0.2) is 12.3 Å². The zero-order valence-electron chi connectivity index (χ0n) is 11.4. The number of carboxylic acid groups (broad SMARTS) is 2. The Bertz CT molecular complexity index is 480. The fourth-order valence-electron chi connectivity index (χ4n) is 2.85. The SMILES string of the molecule is Cc1ccn(C2CN3CCC2CC3)n1.O=C(O)C(=O)O. The van der Waals surface area contributed by atoms with Crippen LogP contribution in [0.1, 0.15) is 24.6 Å². The summed E-state index contributed by atoms with van der Waals surface area (Å²) in [4.78, 5) is 20.8. The normalized spacial score (nSPS) is 27.6. The number of hydrogen-bond donors (Lipinski definition) is 2. The number of rotatable bonds is 1. The third-order valence-electron chi connectivity index (χ3n) is 3.89. The average molecular weight is 281 g/mol. The standard InChI is InChI=1S/C11H17N3.C2H2O4/c1-9-2-7-14(12-9)11-8-13-5-3-10(11)4-6-13;3-1(4)2(5)6/h2,7,10-11H,3-6,8H2,1H3;(H,3,4)(H,5,6). The van der Waals surface area contributed by atoms with Gasteiger partial charge in [-0.3, -0.25) is 4.68 Å². The molecule has 2 bridgehead atoms. The second-order valence-corrected chi connectivity index (χ2v) is 5.25. The monoisotopic (exact) mass is 281 g/mol. The molecule has 3 aliphatic rings. The highest BCUT2D eigenvalue weighted by Crippen LogP contribution is 2.34. The van der Waals surface area contributed by atoms with Gasteiger partial charge in [-0.15, -0.1) is 0 Å². The summed E-state index contributed by atoms with van der Waals surface area (Å²) in [5.41, 5.74) is 1.14. The van der Waals surface area contributed by atoms with Gasteiger partial charge in [-0.05, 0) is 44.8 Å². The maximum Gasteiger partial charge on any atom is 0.414 e. The van der Waals surface area contributed by atoms with E-state index in [-0.39, 0.29) is 0 Å². The number of nitrogens with zero attached hydrogens (tertiary/aromatic N) is 3. The lowest BCUT2D eigenvalue weighted by atomic mass is 9.84. The molecule has 0 amide bonds. The highest BCUT2D eigenvalue weighted by molar-refractivity contribution is 6.27. The Hall–Kier alpha value is -1.89. The fraction of sp³-hybridized carbons (Fsp3) is 0.615. The van der Waals surface area contributed by atoms with Crippen LogP contribution >= 0.6 is 0 Å². The number of carbonyl (C=O) groups is 2. The quantitative estimate of drug-likeness (QED) is 0.732. The van der Waals surface area contributed by atoms with E-state index in [4.69, 9.17) is 19.8 Å². The van der Waals surface area contributed by atoms with Gasteiger partial charge in [-0.1, -0.05) is 0 Å². The number of piperidine rings is 3. The lowest BCUT2D eigenvalue weighted by Crippen LogP contribution is -2.48. The van der Waals surface area contributed by atoms with E-state index in [1.165, 1.54) is 32.5 Å². The van der Waals surface area contributed by atoms with Crippen molar-refractivity contribution in [1.82, 2.24) is 14.7 Å². The Morgan fingerprint density at radius 2 is 1.85 bits per heavy atom. The third-order valence-corrected chi connectivity index (χ3v) is 3.89. The highest BCUT2D eigenvalue weighted by Gasteiger charge is 2.35. The second kappa shape index (κ2) is 6.04. The maximum absolute atomic E-state index is 9.10. The Kier molecular flexibility index (Phi) is 4.39. The minimum atomic E-state index is -1.82. The third kappa shape index (κ3) is 3.36. The van der Waals surface area contributed by atoms with Gasteiger partial charge in [0.05, 0.1) is 11.7 Å². The summed E-state index contributed by atoms with van der Waals surface area (Å²) in [6.07, 6.45) is 4.87. The Labute approximate surface area is 116 Å². The van der Waals surface area contributed by atoms with E-state index in [2.05, 4.69) is 33.9 Å². The average Bonchev–Trinajstić information content (AvgIpc) is 2.87. The van der Waals surface area contributed by atoms with E-state index in [0.717, 1.165) is 11.6 Å². The van der Waals surface area contributed by atoms with E-state index >= 15 is 0 Å². The van der Waals surface area contributed by atoms with Crippen LogP contribution in [0.3, 0.4) is 0 Å². The molecule has 3 aliphatic heterocycles. The molecule has 110 valence electrons. The van der Waals surface area contributed by atoms with E-state index in [0.29, 0.717) is 6.04 Å². The van der Waals surface area contributed by atoms with Crippen molar-refractivity contribution >= 4 is 11.9 Å². The van der Waals surface area contributed by atoms with Gasteiger partial charge in [0, 0.05) is 12.7 Å². The van der Waals surface area contributed by atoms with E-state index in [1.54, 1.807) is 0 Å². The second-order valence-electron chi connectivity index (χ2n) is 5.25. The van der Waals surface area contributed by atoms with Gasteiger partial charge in [0.1, 0.15) is 0 Å². The molecular weight excluding hydrogens is 262 g/mol. The maximum atomic E-state index is 9.10. The first-order chi connectivity index (χ1) is 9.47. The van der Waals surface area contributed by atoms with Crippen LogP contribution in [0.4, 0.5) is 0 Å². The zero-order valence-corrected chi connectivity index (χ0v) is 11.4. The largest absolute Gasteiger partial charge is 0.473 e. The molecule has 0 spiro atoms. The molecule has 3 saturated heterocycles. The molecule has 3 fully saturated rings. The Morgan fingerprint density at radius 3 is 2.20 bits per heavy atom. The van der Waals surface area contributed by atoms with Crippen LogP contribution in [-0.2, 0) is 9.59 Å². The minimum absolute atomic E-state index is 0.645. The Balaban J connectivity index is 0.000000212. The van der Waals surface area contributed by atoms with Crippen LogP contribution in [0.5, 0.6) is 0 Å². The highest BCUT2D eigenvalue weighted by atomic mass is 16.4. The van der Waals surface area contributed by atoms with Crippen molar-refractivity contribution < 1.29 is 19.8 Å². The summed E-state index contributed by atoms with van der Waals surface area (Å²) in [7, 11) is 0. The first-order valence-corrected chi connectivity index (χ1v) is 6.67. The van der Waals surface area contributed by atoms with Crippen molar-refractivity contribution in [1.29, 1.82) is 0 Å². The zero-order chi connectivity index (χ0) is 14.7. The molecule has 1 atom stereocenters. The summed E-state index contributed by atoms with van der Waals surface area (Å²) in [5.74, 6) is -2.77. The van der Waals surface area contributed by atoms with Crippen LogP contribution in [0, 0.1) is 12.8 Å². The van der Waals surface area contributed by atoms with Crippen molar-refractivity contribution in [3.8, 4) is 0 Å². The molecule has 7 heteroatoms. The molecular formula is C13H19N3O4. The van der Waals surface area contributed by atoms with Crippen molar-refractivity contribution in [3.63, 3.8) is 0 Å². The van der Waals surface area contributed by atoms with Crippen molar-refractivity contribution in [2.45, 2.75) is 25.8 Å². The van der Waals surface area contributed by atoms with E-state index < -0.39 is 11.9 Å². The lowest BCUT2D eigenvalue weighted by Gasteiger charge is -2.44. The molecule has 0 radical (unpaired) electrons. The number of aromatic nitrogens is 2. The van der Waals surface area contributed by atoms with Crippen molar-refractivity contribution in [2.75, 3.05) is 19.6 Å². The lowest BCUT2D eigenvalue weighted by molar-refractivity contribution is -0.159. The molecule has 4 rings (SSSR count). The number of aryl methyl sites for hydroxylation is 1. The van der Waals surface area contributed by atoms with Crippen LogP contribution < -0.4 is 0 Å². The van der Waals surface area contributed by atoms with Crippen molar-refractivity contribution in [3.05, 3.63) is 18.0 Å².